The number of hydrogen-bond acceptors (Lipinski definition) is 37. The summed E-state index contributed by atoms with van der Waals surface area (Å²) in [6, 6.07) is -4.69. The molecule has 0 aromatic heterocycles. The van der Waals surface area contributed by atoms with Crippen LogP contribution in [-0.2, 0) is 80.7 Å². The Bertz CT molecular complexity index is 3020. The second-order valence-electron chi connectivity index (χ2n) is 35.6. The second kappa shape index (κ2) is 59.7. The molecule has 23 N–H and O–H groups in total. The predicted molar refractivity (Wildman–Crippen MR) is 453 cm³/mol. The number of unbranched alkanes of at least 4 members (excludes halogenated alkanes) is 31. The SMILES string of the molecule is CCCCCCCCCCCCC/C=C/[C@@H](O)[C@H](CO[C@@H]1OC(CO)[C@@H](O[C@@H]2OC(CO)[C@H](O[C@@H]3OC(CO)[C@H](O)[C@H](O[C@@H]4OC(CO)[C@H](O)[C@H](O[C@H]5OC(CO)[C@H](O)[C@H](O[C@@H]6OC(CO)[C@H](O)[C@H](O)C6NC(C)=O)C5O)C4O[C@H]4OC(C)[C@@H](O)C(O)[C@@H]4O)C3NC(C)=O)[C@H](O)C2O)[C@H](O)C1O)NC(=O)CCCCCCCCCCCCCCCCCCCCCCC. The lowest BCUT2D eigenvalue weighted by Gasteiger charge is -2.52. The lowest BCUT2D eigenvalue weighted by atomic mass is 9.93. The van der Waals surface area contributed by atoms with Gasteiger partial charge in [-0.05, 0) is 26.2 Å². The zero-order valence-corrected chi connectivity index (χ0v) is 75.4. The van der Waals surface area contributed by atoms with Crippen molar-refractivity contribution in [1.29, 1.82) is 0 Å². The summed E-state index contributed by atoms with van der Waals surface area (Å²) in [5.74, 6) is -2.08. The first-order valence-electron chi connectivity index (χ1n) is 47.3. The van der Waals surface area contributed by atoms with Crippen molar-refractivity contribution in [1.82, 2.24) is 16.0 Å². The molecular weight excluding hydrogens is 1690 g/mol. The van der Waals surface area contributed by atoms with Crippen LogP contribution in [0, 0.1) is 0 Å². The molecule has 0 aromatic carbocycles. The summed E-state index contributed by atoms with van der Waals surface area (Å²) in [7, 11) is 0. The molecule has 7 aliphatic rings. The zero-order chi connectivity index (χ0) is 93.5. The van der Waals surface area contributed by atoms with Crippen molar-refractivity contribution in [3.05, 3.63) is 12.2 Å². The first kappa shape index (κ1) is 112. The Hall–Kier alpha value is -3.21. The summed E-state index contributed by atoms with van der Waals surface area (Å²) in [5, 5.41) is 234. The molecule has 40 nitrogen and oxygen atoms in total. The van der Waals surface area contributed by atoms with E-state index in [-0.39, 0.29) is 12.3 Å². The maximum atomic E-state index is 13.6. The monoisotopic (exact) mass is 1850 g/mol. The minimum absolute atomic E-state index is 0.164. The third-order valence-electron chi connectivity index (χ3n) is 25.3. The number of ether oxygens (including phenoxy) is 14. The van der Waals surface area contributed by atoms with E-state index in [0.29, 0.717) is 12.8 Å². The summed E-state index contributed by atoms with van der Waals surface area (Å²) in [6.45, 7) is 0.928. The highest BCUT2D eigenvalue weighted by Gasteiger charge is 2.60. The normalized spacial score (nSPS) is 37.7. The van der Waals surface area contributed by atoms with Crippen LogP contribution in [0.15, 0.2) is 12.2 Å². The molecule has 40 heteroatoms. The molecule has 0 spiro atoms. The van der Waals surface area contributed by atoms with Crippen LogP contribution in [0.3, 0.4) is 0 Å². The van der Waals surface area contributed by atoms with Crippen LogP contribution in [0.1, 0.15) is 253 Å². The Labute approximate surface area is 751 Å². The Kier molecular flexibility index (Phi) is 52.2. The first-order valence-corrected chi connectivity index (χ1v) is 47.3. The Balaban J connectivity index is 1.01. The summed E-state index contributed by atoms with van der Waals surface area (Å²) in [5.41, 5.74) is 0. The van der Waals surface area contributed by atoms with Crippen LogP contribution < -0.4 is 16.0 Å². The Morgan fingerprint density at radius 1 is 0.320 bits per heavy atom. The van der Waals surface area contributed by atoms with E-state index >= 15 is 0 Å². The number of aliphatic hydroxyl groups is 20. The maximum absolute atomic E-state index is 13.6. The fourth-order valence-electron chi connectivity index (χ4n) is 17.6. The number of aliphatic hydroxyl groups excluding tert-OH is 20. The summed E-state index contributed by atoms with van der Waals surface area (Å²) >= 11 is 0. The molecular formula is C88H159N3O37. The van der Waals surface area contributed by atoms with Crippen LogP contribution in [-0.4, -0.2) is 393 Å². The predicted octanol–water partition coefficient (Wildman–Crippen LogP) is -1.23. The van der Waals surface area contributed by atoms with Gasteiger partial charge < -0.3 is 184 Å². The van der Waals surface area contributed by atoms with Gasteiger partial charge in [0.2, 0.25) is 17.7 Å². The summed E-state index contributed by atoms with van der Waals surface area (Å²) < 4.78 is 84.5. The highest BCUT2D eigenvalue weighted by atomic mass is 16.8. The maximum Gasteiger partial charge on any atom is 0.220 e. The van der Waals surface area contributed by atoms with Crippen LogP contribution in [0.4, 0.5) is 0 Å². The molecule has 128 heavy (non-hydrogen) atoms. The number of allylic oxidation sites excluding steroid dienone is 1. The molecule has 7 aliphatic heterocycles. The minimum Gasteiger partial charge on any atom is -0.394 e. The van der Waals surface area contributed by atoms with Gasteiger partial charge in [-0.15, -0.1) is 0 Å². The number of carbonyl (C=O) groups is 3. The van der Waals surface area contributed by atoms with Crippen molar-refractivity contribution in [3.8, 4) is 0 Å². The lowest BCUT2D eigenvalue weighted by Crippen LogP contribution is -2.71. The van der Waals surface area contributed by atoms with Crippen LogP contribution in [0.25, 0.3) is 0 Å². The van der Waals surface area contributed by atoms with Crippen LogP contribution >= 0.6 is 0 Å². The van der Waals surface area contributed by atoms with Gasteiger partial charge in [0.25, 0.3) is 0 Å². The molecule has 748 valence electrons. The molecule has 14 unspecified atom stereocenters. The van der Waals surface area contributed by atoms with Gasteiger partial charge in [0, 0.05) is 20.3 Å². The molecule has 0 bridgehead atoms. The van der Waals surface area contributed by atoms with E-state index < -0.39 is 285 Å². The van der Waals surface area contributed by atoms with Crippen molar-refractivity contribution in [2.24, 2.45) is 0 Å². The van der Waals surface area contributed by atoms with Gasteiger partial charge in [0.15, 0.2) is 44.0 Å². The number of amides is 3. The van der Waals surface area contributed by atoms with E-state index in [1.807, 2.05) is 6.08 Å². The van der Waals surface area contributed by atoms with E-state index in [1.54, 1.807) is 6.08 Å². The van der Waals surface area contributed by atoms with Gasteiger partial charge in [0.05, 0.1) is 64.5 Å². The minimum atomic E-state index is -2.33. The molecule has 7 fully saturated rings. The zero-order valence-electron chi connectivity index (χ0n) is 75.4. The Morgan fingerprint density at radius 2 is 0.656 bits per heavy atom. The van der Waals surface area contributed by atoms with Gasteiger partial charge in [-0.1, -0.05) is 219 Å². The van der Waals surface area contributed by atoms with Crippen molar-refractivity contribution in [2.75, 3.05) is 46.2 Å². The van der Waals surface area contributed by atoms with E-state index in [1.165, 1.54) is 155 Å². The third-order valence-corrected chi connectivity index (χ3v) is 25.3. The molecule has 0 saturated carbocycles. The van der Waals surface area contributed by atoms with E-state index in [0.717, 1.165) is 65.2 Å². The van der Waals surface area contributed by atoms with Crippen molar-refractivity contribution < 1.29 is 183 Å². The number of nitrogens with one attached hydrogen (secondary N) is 3. The average molecular weight is 1850 g/mol. The fraction of sp³-hybridized carbons (Fsp3) is 0.943. The van der Waals surface area contributed by atoms with E-state index in [4.69, 9.17) is 66.3 Å². The molecule has 0 radical (unpaired) electrons. The fourth-order valence-corrected chi connectivity index (χ4v) is 17.6. The summed E-state index contributed by atoms with van der Waals surface area (Å²) in [6.07, 6.45) is -24.6. The number of hydrogen-bond donors (Lipinski definition) is 23. The topological polar surface area (TPSA) is 621 Å². The van der Waals surface area contributed by atoms with Crippen LogP contribution in [0.5, 0.6) is 0 Å². The van der Waals surface area contributed by atoms with Gasteiger partial charge in [-0.2, -0.15) is 0 Å². The van der Waals surface area contributed by atoms with Gasteiger partial charge in [0.1, 0.15) is 165 Å². The van der Waals surface area contributed by atoms with Gasteiger partial charge in [-0.3, -0.25) is 14.4 Å². The molecule has 0 aliphatic carbocycles. The molecule has 37 atom stereocenters. The molecule has 7 heterocycles. The number of carbonyl (C=O) groups excluding carboxylic acids is 3. The first-order chi connectivity index (χ1) is 61.5. The molecule has 0 aromatic rings. The largest absolute Gasteiger partial charge is 0.394 e. The summed E-state index contributed by atoms with van der Waals surface area (Å²) in [4.78, 5) is 39.4. The third kappa shape index (κ3) is 33.9. The lowest BCUT2D eigenvalue weighted by molar-refractivity contribution is -0.407. The average Bonchev–Trinajstić information content (AvgIpc) is 0.762. The van der Waals surface area contributed by atoms with Crippen molar-refractivity contribution in [3.63, 3.8) is 0 Å². The van der Waals surface area contributed by atoms with Gasteiger partial charge in [-0.25, -0.2) is 0 Å². The van der Waals surface area contributed by atoms with E-state index in [2.05, 4.69) is 29.8 Å². The van der Waals surface area contributed by atoms with Crippen LogP contribution in [0.2, 0.25) is 0 Å². The second-order valence-corrected chi connectivity index (χ2v) is 35.6. The number of rotatable bonds is 60. The highest BCUT2D eigenvalue weighted by Crippen LogP contribution is 2.40. The quantitative estimate of drug-likeness (QED) is 0.0250. The Morgan fingerprint density at radius 3 is 1.13 bits per heavy atom. The molecule has 7 rings (SSSR count). The molecule has 7 saturated heterocycles. The van der Waals surface area contributed by atoms with Crippen molar-refractivity contribution >= 4 is 17.7 Å². The van der Waals surface area contributed by atoms with Gasteiger partial charge >= 0.3 is 0 Å². The molecule has 3 amide bonds. The van der Waals surface area contributed by atoms with Crippen molar-refractivity contribution in [2.45, 2.75) is 480 Å². The smallest absolute Gasteiger partial charge is 0.220 e. The standard InChI is InChI=1S/C88H159N3O37/c1-6-8-10-12-14-16-18-20-21-22-23-24-25-26-27-29-31-33-35-37-39-41-60(101)91-52(53(100)40-38-36-34-32-30-28-19-17-15-13-11-9-7-2)48-115-84-73(112)70(109)77(58(46-96)121-84)124-86-74(113)71(110)76(59(47-97)122-86)123-83-62(90-51(5)99)78(65(104)55(43-93)118-83)125-88-81(128-85-72(111)69(108)63(102)49(3)116-85)80(67(106)57(45-95)120-88)127-87-75(114)79(66(105)56(44-94)119-87)126-82-61(89-50(4)98)68(107)64(103)54(42-92)117-82/h38,40,49,52-59,61-88,92-97,100,102-114H,6-37,39,41-48H2,1-5H3,(H,89,98)(H,90,99)(H,91,101)/b40-38+/t49?,52-,53+,54?,55?,56?,57?,58?,59?,61?,62?,63+,64-,65-,66-,67-,68+,69?,70+,71+,72-,73?,74?,75?,76-,77+,78+,79-,80-,81?,82-,83-,84+,85+,86-,87+,88-/m0/s1. The highest BCUT2D eigenvalue weighted by molar-refractivity contribution is 5.76. The van der Waals surface area contributed by atoms with E-state index in [9.17, 15) is 117 Å².